The first-order valence-corrected chi connectivity index (χ1v) is 11.9. The molecule has 2 aromatic carbocycles. The van der Waals surface area contributed by atoms with Crippen LogP contribution in [0.15, 0.2) is 59.5 Å². The predicted molar refractivity (Wildman–Crippen MR) is 128 cm³/mol. The Morgan fingerprint density at radius 2 is 1.94 bits per heavy atom. The predicted octanol–water partition coefficient (Wildman–Crippen LogP) is 4.94. The molecule has 0 fully saturated rings. The number of aromatic nitrogens is 1. The zero-order valence-electron chi connectivity index (χ0n) is 18.5. The number of carbonyl (C=O) groups excluding carboxylic acids is 2. The van der Waals surface area contributed by atoms with E-state index >= 15 is 0 Å². The van der Waals surface area contributed by atoms with Gasteiger partial charge in [-0.15, -0.1) is 11.8 Å². The zero-order chi connectivity index (χ0) is 22.2. The van der Waals surface area contributed by atoms with Crippen molar-refractivity contribution in [1.82, 2.24) is 9.88 Å². The molecular weight excluding hydrogens is 406 g/mol. The Labute approximate surface area is 187 Å². The van der Waals surface area contributed by atoms with E-state index < -0.39 is 5.54 Å². The van der Waals surface area contributed by atoms with Crippen LogP contribution >= 0.6 is 11.8 Å². The minimum atomic E-state index is -1.04. The number of nitrogens with one attached hydrogen (secondary N) is 1. The summed E-state index contributed by atoms with van der Waals surface area (Å²) in [6.07, 6.45) is 2.91. The van der Waals surface area contributed by atoms with Crippen molar-refractivity contribution in [1.29, 1.82) is 0 Å². The third-order valence-corrected chi connectivity index (χ3v) is 6.73. The van der Waals surface area contributed by atoms with Crippen LogP contribution in [0.2, 0.25) is 0 Å². The van der Waals surface area contributed by atoms with Gasteiger partial charge in [0.25, 0.3) is 5.91 Å². The molecule has 1 aliphatic rings. The van der Waals surface area contributed by atoms with Gasteiger partial charge in [-0.1, -0.05) is 38.1 Å². The molecule has 2 heterocycles. The summed E-state index contributed by atoms with van der Waals surface area (Å²) in [5, 5.41) is 4.10. The number of hydrogen-bond acceptors (Lipinski definition) is 3. The van der Waals surface area contributed by atoms with Crippen LogP contribution in [0.4, 0.5) is 5.69 Å². The van der Waals surface area contributed by atoms with Gasteiger partial charge in [0, 0.05) is 28.0 Å². The third-order valence-electron chi connectivity index (χ3n) is 6.00. The minimum Gasteiger partial charge on any atom is -0.354 e. The van der Waals surface area contributed by atoms with Gasteiger partial charge in [0.1, 0.15) is 11.2 Å². The average Bonchev–Trinajstić information content (AvgIpc) is 3.12. The molecule has 6 heteroatoms. The maximum atomic E-state index is 13.8. The van der Waals surface area contributed by atoms with E-state index in [9.17, 15) is 9.59 Å². The molecule has 31 heavy (non-hydrogen) atoms. The number of rotatable bonds is 6. The summed E-state index contributed by atoms with van der Waals surface area (Å²) in [5.74, 6) is 0.220. The van der Waals surface area contributed by atoms with E-state index in [0.29, 0.717) is 24.7 Å². The highest BCUT2D eigenvalue weighted by Gasteiger charge is 2.48. The maximum Gasteiger partial charge on any atom is 0.275 e. The van der Waals surface area contributed by atoms with E-state index in [1.54, 1.807) is 16.7 Å². The zero-order valence-corrected chi connectivity index (χ0v) is 19.3. The maximum absolute atomic E-state index is 13.8. The third kappa shape index (κ3) is 3.85. The normalized spacial score (nSPS) is 18.5. The van der Waals surface area contributed by atoms with Crippen molar-refractivity contribution in [3.8, 4) is 0 Å². The van der Waals surface area contributed by atoms with E-state index in [2.05, 4.69) is 19.2 Å². The number of benzene rings is 2. The number of fused-ring (bicyclic) bond motifs is 3. The Hall–Kier alpha value is -2.73. The number of thioether (sulfide) groups is 1. The molecule has 0 saturated heterocycles. The molecule has 162 valence electrons. The lowest BCUT2D eigenvalue weighted by molar-refractivity contribution is -0.126. The van der Waals surface area contributed by atoms with Gasteiger partial charge < -0.3 is 9.88 Å². The molecule has 1 atom stereocenters. The molecule has 0 aliphatic carbocycles. The highest BCUT2D eigenvalue weighted by molar-refractivity contribution is 7.98. The van der Waals surface area contributed by atoms with Crippen LogP contribution in [0.1, 0.15) is 37.7 Å². The molecule has 0 saturated carbocycles. The second-order valence-electron chi connectivity index (χ2n) is 8.73. The SMILES string of the molecule is CSc1cccc(N2C(=O)c3cc4ccccc4n3C[C@]2(C)C(=O)NCCC(C)C)c1. The van der Waals surface area contributed by atoms with Crippen molar-refractivity contribution in [2.75, 3.05) is 17.7 Å². The standard InChI is InChI=1S/C25H29N3O2S/c1-17(2)12-13-26-24(30)25(3)16-27-21-11-6-5-8-18(21)14-22(27)23(29)28(25)19-9-7-10-20(15-19)31-4/h5-11,14-15,17H,12-13,16H2,1-4H3,(H,26,30)/t25-/m1/s1. The lowest BCUT2D eigenvalue weighted by atomic mass is 9.93. The van der Waals surface area contributed by atoms with Gasteiger partial charge in [0.05, 0.1) is 6.54 Å². The molecule has 2 amide bonds. The molecular formula is C25H29N3O2S. The lowest BCUT2D eigenvalue weighted by Crippen LogP contribution is -2.64. The van der Waals surface area contributed by atoms with E-state index in [0.717, 1.165) is 27.9 Å². The molecule has 1 aliphatic heterocycles. The molecule has 1 aromatic heterocycles. The van der Waals surface area contributed by atoms with Crippen LogP contribution in [0, 0.1) is 5.92 Å². The first kappa shape index (κ1) is 21.5. The van der Waals surface area contributed by atoms with Crippen LogP contribution in [0.3, 0.4) is 0 Å². The first-order chi connectivity index (χ1) is 14.8. The molecule has 0 unspecified atom stereocenters. The largest absolute Gasteiger partial charge is 0.354 e. The number of anilines is 1. The summed E-state index contributed by atoms with van der Waals surface area (Å²) >= 11 is 1.62. The van der Waals surface area contributed by atoms with Crippen molar-refractivity contribution in [3.05, 3.63) is 60.3 Å². The van der Waals surface area contributed by atoms with Gasteiger partial charge in [-0.25, -0.2) is 0 Å². The van der Waals surface area contributed by atoms with Gasteiger partial charge in [-0.05, 0) is 55.9 Å². The average molecular weight is 436 g/mol. The van der Waals surface area contributed by atoms with Crippen LogP contribution in [-0.4, -0.2) is 34.7 Å². The van der Waals surface area contributed by atoms with Crippen LogP contribution in [0.25, 0.3) is 10.9 Å². The van der Waals surface area contributed by atoms with Crippen LogP contribution in [-0.2, 0) is 11.3 Å². The summed E-state index contributed by atoms with van der Waals surface area (Å²) in [4.78, 5) is 30.1. The summed E-state index contributed by atoms with van der Waals surface area (Å²) in [6, 6.07) is 17.7. The Morgan fingerprint density at radius 1 is 1.16 bits per heavy atom. The molecule has 4 rings (SSSR count). The number of carbonyl (C=O) groups is 2. The van der Waals surface area contributed by atoms with Crippen molar-refractivity contribution in [3.63, 3.8) is 0 Å². The molecule has 5 nitrogen and oxygen atoms in total. The smallest absolute Gasteiger partial charge is 0.275 e. The van der Waals surface area contributed by atoms with E-state index in [-0.39, 0.29) is 11.8 Å². The van der Waals surface area contributed by atoms with Crippen LogP contribution in [0.5, 0.6) is 0 Å². The Kier molecular flexibility index (Phi) is 5.84. The van der Waals surface area contributed by atoms with Gasteiger partial charge in [0.2, 0.25) is 5.91 Å². The summed E-state index contributed by atoms with van der Waals surface area (Å²) in [6.45, 7) is 7.14. The summed E-state index contributed by atoms with van der Waals surface area (Å²) < 4.78 is 1.99. The highest BCUT2D eigenvalue weighted by atomic mass is 32.2. The monoisotopic (exact) mass is 435 g/mol. The minimum absolute atomic E-state index is 0.125. The number of para-hydroxylation sites is 1. The van der Waals surface area contributed by atoms with Gasteiger partial charge in [-0.2, -0.15) is 0 Å². The van der Waals surface area contributed by atoms with Crippen molar-refractivity contribution >= 4 is 40.2 Å². The van der Waals surface area contributed by atoms with E-state index in [1.807, 2.05) is 72.3 Å². The van der Waals surface area contributed by atoms with Crippen molar-refractivity contribution < 1.29 is 9.59 Å². The second kappa shape index (κ2) is 8.42. The van der Waals surface area contributed by atoms with E-state index in [1.165, 1.54) is 0 Å². The lowest BCUT2D eigenvalue weighted by Gasteiger charge is -2.44. The molecule has 0 radical (unpaired) electrons. The fraction of sp³-hybridized carbons (Fsp3) is 0.360. The van der Waals surface area contributed by atoms with E-state index in [4.69, 9.17) is 0 Å². The Morgan fingerprint density at radius 3 is 2.68 bits per heavy atom. The van der Waals surface area contributed by atoms with Crippen molar-refractivity contribution in [2.45, 2.75) is 44.2 Å². The molecule has 0 spiro atoms. The fourth-order valence-electron chi connectivity index (χ4n) is 4.27. The number of hydrogen-bond donors (Lipinski definition) is 1. The molecule has 3 aromatic rings. The summed E-state index contributed by atoms with van der Waals surface area (Å²) in [5.41, 5.74) is 1.29. The topological polar surface area (TPSA) is 54.3 Å². The van der Waals surface area contributed by atoms with Crippen molar-refractivity contribution in [2.24, 2.45) is 5.92 Å². The number of amides is 2. The Bertz CT molecular complexity index is 1140. The quantitative estimate of drug-likeness (QED) is 0.558. The summed E-state index contributed by atoms with van der Waals surface area (Å²) in [7, 11) is 0. The van der Waals surface area contributed by atoms with Gasteiger partial charge >= 0.3 is 0 Å². The first-order valence-electron chi connectivity index (χ1n) is 10.7. The fourth-order valence-corrected chi connectivity index (χ4v) is 4.72. The van der Waals surface area contributed by atoms with Gasteiger partial charge in [-0.3, -0.25) is 14.5 Å². The van der Waals surface area contributed by atoms with Crippen LogP contribution < -0.4 is 10.2 Å². The molecule has 0 bridgehead atoms. The Balaban J connectivity index is 1.82. The highest BCUT2D eigenvalue weighted by Crippen LogP contribution is 2.36. The number of nitrogens with zero attached hydrogens (tertiary/aromatic N) is 2. The van der Waals surface area contributed by atoms with Gasteiger partial charge in [0.15, 0.2) is 0 Å². The second-order valence-corrected chi connectivity index (χ2v) is 9.61. The molecule has 1 N–H and O–H groups in total.